The van der Waals surface area contributed by atoms with Gasteiger partial charge in [-0.15, -0.1) is 5.10 Å². The molecular weight excluding hydrogens is 625 g/mol. The van der Waals surface area contributed by atoms with E-state index in [9.17, 15) is 40.3 Å². The number of pyridine rings is 1. The Morgan fingerprint density at radius 1 is 0.932 bits per heavy atom. The van der Waals surface area contributed by atoms with Crippen molar-refractivity contribution in [1.82, 2.24) is 24.9 Å². The number of halogens is 8. The van der Waals surface area contributed by atoms with E-state index in [4.69, 9.17) is 16.3 Å². The van der Waals surface area contributed by atoms with Gasteiger partial charge in [0.05, 0.1) is 16.3 Å². The minimum atomic E-state index is -5.24. The van der Waals surface area contributed by atoms with E-state index in [2.05, 4.69) is 20.6 Å². The highest BCUT2D eigenvalue weighted by atomic mass is 35.5. The van der Waals surface area contributed by atoms with Gasteiger partial charge in [-0.1, -0.05) is 16.8 Å². The second-order valence-electron chi connectivity index (χ2n) is 9.44. The molecule has 0 spiro atoms. The lowest BCUT2D eigenvalue weighted by Crippen LogP contribution is -2.28. The molecule has 17 heteroatoms. The number of hydrogen-bond acceptors (Lipinski definition) is 6. The van der Waals surface area contributed by atoms with Crippen LogP contribution in [0, 0.1) is 5.82 Å². The van der Waals surface area contributed by atoms with Crippen LogP contribution >= 0.6 is 11.6 Å². The van der Waals surface area contributed by atoms with E-state index in [1.807, 2.05) is 0 Å². The van der Waals surface area contributed by atoms with Gasteiger partial charge in [-0.2, -0.15) is 26.3 Å². The maximum absolute atomic E-state index is 14.9. The first-order valence-corrected chi connectivity index (χ1v) is 13.0. The predicted octanol–water partition coefficient (Wildman–Crippen LogP) is 6.77. The molecule has 0 radical (unpaired) electrons. The number of carbonyl (C=O) groups excluding carboxylic acids is 2. The molecule has 0 atom stereocenters. The predicted molar refractivity (Wildman–Crippen MR) is 140 cm³/mol. The van der Waals surface area contributed by atoms with Gasteiger partial charge in [-0.05, 0) is 49.2 Å². The molecule has 44 heavy (non-hydrogen) atoms. The number of alkyl halides is 6. The standard InChI is InChI=1S/C27H18ClF7N6O3/c28-18-12-15(4-5-17(18)26(30,31)32)41-23(27(33,34)35)22(38-39-41)24(42)37-14-3-6-21(19(29)11-14)44-16-7-8-36-20(13-16)25(43)40-9-1-2-10-40/h3-8,11-13H,1-2,9-10H2,(H,37,42). The molecule has 0 saturated carbocycles. The summed E-state index contributed by atoms with van der Waals surface area (Å²) in [5, 5.41) is 7.73. The van der Waals surface area contributed by atoms with Crippen LogP contribution in [0.25, 0.3) is 5.69 Å². The van der Waals surface area contributed by atoms with Crippen molar-refractivity contribution in [2.45, 2.75) is 25.2 Å². The number of nitrogens with one attached hydrogen (secondary N) is 1. The Morgan fingerprint density at radius 2 is 1.66 bits per heavy atom. The normalized spacial score (nSPS) is 13.7. The van der Waals surface area contributed by atoms with Crippen LogP contribution in [0.4, 0.5) is 36.4 Å². The van der Waals surface area contributed by atoms with E-state index in [0.717, 1.165) is 31.0 Å². The fourth-order valence-corrected chi connectivity index (χ4v) is 4.67. The summed E-state index contributed by atoms with van der Waals surface area (Å²) in [4.78, 5) is 31.0. The minimum Gasteiger partial charge on any atom is -0.454 e. The molecule has 0 aliphatic carbocycles. The molecule has 3 heterocycles. The molecule has 1 N–H and O–H groups in total. The van der Waals surface area contributed by atoms with Gasteiger partial charge >= 0.3 is 12.4 Å². The Hall–Kier alpha value is -4.73. The Balaban J connectivity index is 1.35. The number of benzene rings is 2. The Kier molecular flexibility index (Phi) is 8.20. The third kappa shape index (κ3) is 6.44. The van der Waals surface area contributed by atoms with Crippen molar-refractivity contribution in [3.63, 3.8) is 0 Å². The lowest BCUT2D eigenvalue weighted by molar-refractivity contribution is -0.143. The molecule has 1 fully saturated rings. The molecule has 0 bridgehead atoms. The molecule has 230 valence electrons. The summed E-state index contributed by atoms with van der Waals surface area (Å²) in [7, 11) is 0. The van der Waals surface area contributed by atoms with Gasteiger partial charge in [0.1, 0.15) is 11.4 Å². The molecule has 2 aromatic heterocycles. The molecule has 4 aromatic rings. The van der Waals surface area contributed by atoms with Crippen molar-refractivity contribution in [2.24, 2.45) is 0 Å². The smallest absolute Gasteiger partial charge is 0.435 e. The minimum absolute atomic E-state index is 0.0908. The topological polar surface area (TPSA) is 102 Å². The zero-order chi connectivity index (χ0) is 31.8. The fraction of sp³-hybridized carbons (Fsp3) is 0.222. The summed E-state index contributed by atoms with van der Waals surface area (Å²) in [6.07, 6.45) is -7.04. The van der Waals surface area contributed by atoms with Crippen LogP contribution in [0.15, 0.2) is 54.7 Å². The van der Waals surface area contributed by atoms with Crippen molar-refractivity contribution in [3.05, 3.63) is 88.2 Å². The summed E-state index contributed by atoms with van der Waals surface area (Å²) < 4.78 is 102. The van der Waals surface area contributed by atoms with Crippen LogP contribution < -0.4 is 10.1 Å². The fourth-order valence-electron chi connectivity index (χ4n) is 4.39. The number of hydrogen-bond donors (Lipinski definition) is 1. The van der Waals surface area contributed by atoms with E-state index < -0.39 is 51.7 Å². The lowest BCUT2D eigenvalue weighted by atomic mass is 10.2. The number of anilines is 1. The number of nitrogens with zero attached hydrogens (tertiary/aromatic N) is 5. The number of likely N-dealkylation sites (tertiary alicyclic amines) is 1. The van der Waals surface area contributed by atoms with Crippen LogP contribution in [-0.4, -0.2) is 49.8 Å². The van der Waals surface area contributed by atoms with Crippen molar-refractivity contribution in [2.75, 3.05) is 18.4 Å². The van der Waals surface area contributed by atoms with E-state index >= 15 is 0 Å². The molecule has 2 aromatic carbocycles. The Bertz CT molecular complexity index is 1740. The third-order valence-corrected chi connectivity index (χ3v) is 6.73. The lowest BCUT2D eigenvalue weighted by Gasteiger charge is -2.15. The first-order chi connectivity index (χ1) is 20.7. The SMILES string of the molecule is O=C(Nc1ccc(Oc2ccnc(C(=O)N3CCCC3)c2)c(F)c1)c1nnn(-c2ccc(C(F)(F)F)c(Cl)c2)c1C(F)(F)F. The highest BCUT2D eigenvalue weighted by molar-refractivity contribution is 6.31. The first kappa shape index (κ1) is 30.7. The molecule has 2 amide bonds. The van der Waals surface area contributed by atoms with Crippen molar-refractivity contribution in [1.29, 1.82) is 0 Å². The van der Waals surface area contributed by atoms with Crippen LogP contribution in [0.3, 0.4) is 0 Å². The molecule has 1 saturated heterocycles. The monoisotopic (exact) mass is 642 g/mol. The van der Waals surface area contributed by atoms with E-state index in [0.29, 0.717) is 31.3 Å². The number of carbonyl (C=O) groups is 2. The van der Waals surface area contributed by atoms with Crippen molar-refractivity contribution >= 4 is 29.1 Å². The van der Waals surface area contributed by atoms with Crippen molar-refractivity contribution < 1.29 is 45.1 Å². The van der Waals surface area contributed by atoms with Crippen molar-refractivity contribution in [3.8, 4) is 17.2 Å². The summed E-state index contributed by atoms with van der Waals surface area (Å²) in [6.45, 7) is 1.19. The van der Waals surface area contributed by atoms with E-state index in [-0.39, 0.29) is 33.5 Å². The number of aromatic nitrogens is 4. The summed E-state index contributed by atoms with van der Waals surface area (Å²) in [6, 6.07) is 7.48. The van der Waals surface area contributed by atoms with Crippen LogP contribution in [-0.2, 0) is 12.4 Å². The van der Waals surface area contributed by atoms with Gasteiger partial charge in [0.25, 0.3) is 11.8 Å². The van der Waals surface area contributed by atoms with Gasteiger partial charge < -0.3 is 15.0 Å². The maximum atomic E-state index is 14.9. The Labute approximate surface area is 248 Å². The molecule has 5 rings (SSSR count). The van der Waals surface area contributed by atoms with Crippen LogP contribution in [0.2, 0.25) is 5.02 Å². The first-order valence-electron chi connectivity index (χ1n) is 12.7. The van der Waals surface area contributed by atoms with Gasteiger partial charge in [-0.25, -0.2) is 9.07 Å². The summed E-state index contributed by atoms with van der Waals surface area (Å²) in [5.74, 6) is -2.98. The molecule has 1 aliphatic rings. The zero-order valence-electron chi connectivity index (χ0n) is 22.0. The Morgan fingerprint density at radius 3 is 2.30 bits per heavy atom. The number of rotatable bonds is 6. The third-order valence-electron chi connectivity index (χ3n) is 6.42. The van der Waals surface area contributed by atoms with Gasteiger partial charge in [-0.3, -0.25) is 14.6 Å². The molecule has 0 unspecified atom stereocenters. The highest BCUT2D eigenvalue weighted by Gasteiger charge is 2.42. The average molecular weight is 643 g/mol. The quantitative estimate of drug-likeness (QED) is 0.233. The maximum Gasteiger partial charge on any atom is 0.435 e. The van der Waals surface area contributed by atoms with Crippen LogP contribution in [0.5, 0.6) is 11.5 Å². The summed E-state index contributed by atoms with van der Waals surface area (Å²) in [5.41, 5.74) is -4.95. The van der Waals surface area contributed by atoms with Gasteiger partial charge in [0, 0.05) is 37.1 Å². The summed E-state index contributed by atoms with van der Waals surface area (Å²) >= 11 is 5.63. The second-order valence-corrected chi connectivity index (χ2v) is 9.84. The second kappa shape index (κ2) is 11.7. The van der Waals surface area contributed by atoms with Gasteiger partial charge in [0.2, 0.25) is 0 Å². The van der Waals surface area contributed by atoms with Gasteiger partial charge in [0.15, 0.2) is 23.0 Å². The zero-order valence-corrected chi connectivity index (χ0v) is 22.8. The highest BCUT2D eigenvalue weighted by Crippen LogP contribution is 2.38. The largest absolute Gasteiger partial charge is 0.454 e. The van der Waals surface area contributed by atoms with E-state index in [1.165, 1.54) is 18.3 Å². The average Bonchev–Trinajstić information content (AvgIpc) is 3.65. The number of amides is 2. The van der Waals surface area contributed by atoms with E-state index in [1.54, 1.807) is 4.90 Å². The molecule has 9 nitrogen and oxygen atoms in total. The van der Waals surface area contributed by atoms with Crippen LogP contribution in [0.1, 0.15) is 45.1 Å². The number of ether oxygens (including phenoxy) is 1. The molecule has 1 aliphatic heterocycles. The molecular formula is C27H18ClF7N6O3.